The van der Waals surface area contributed by atoms with Crippen molar-refractivity contribution in [2.24, 2.45) is 56.0 Å². The van der Waals surface area contributed by atoms with Gasteiger partial charge in [0.15, 0.2) is 5.78 Å². The van der Waals surface area contributed by atoms with Crippen molar-refractivity contribution in [2.75, 3.05) is 6.54 Å². The average Bonchev–Trinajstić information content (AvgIpc) is 3.16. The van der Waals surface area contributed by atoms with Crippen LogP contribution >= 0.6 is 0 Å². The summed E-state index contributed by atoms with van der Waals surface area (Å²) >= 11 is 0. The van der Waals surface area contributed by atoms with Gasteiger partial charge in [0.05, 0.1) is 6.10 Å². The lowest BCUT2D eigenvalue weighted by Gasteiger charge is -2.75. The van der Waals surface area contributed by atoms with Crippen LogP contribution in [-0.4, -0.2) is 35.6 Å². The molecule has 0 heterocycles. The Morgan fingerprint density at radius 3 is 2.21 bits per heavy atom. The molecule has 0 aliphatic heterocycles. The van der Waals surface area contributed by atoms with Gasteiger partial charge in [0.25, 0.3) is 0 Å². The van der Waals surface area contributed by atoms with Crippen LogP contribution in [0.3, 0.4) is 0 Å². The Labute approximate surface area is 237 Å². The number of hydrogen-bond acceptors (Lipinski definition) is 5. The van der Waals surface area contributed by atoms with Gasteiger partial charge in [-0.3, -0.25) is 9.59 Å². The lowest BCUT2D eigenvalue weighted by Crippen LogP contribution is -2.68. The summed E-state index contributed by atoms with van der Waals surface area (Å²) < 4.78 is 5.91. The first kappa shape index (κ1) is 29.3. The molecule has 0 saturated heterocycles. The molecule has 220 valence electrons. The monoisotopic (exact) mass is 541 g/mol. The number of ether oxygens (including phenoxy) is 1. The maximum absolute atomic E-state index is 13.7. The number of aliphatic hydroxyl groups is 1. The summed E-state index contributed by atoms with van der Waals surface area (Å²) in [4.78, 5) is 25.6. The van der Waals surface area contributed by atoms with Crippen LogP contribution in [0.1, 0.15) is 120 Å². The minimum Gasteiger partial charge on any atom is -0.462 e. The number of ketones is 1. The van der Waals surface area contributed by atoms with Crippen molar-refractivity contribution in [3.05, 3.63) is 11.1 Å². The molecule has 0 bridgehead atoms. The van der Waals surface area contributed by atoms with Crippen LogP contribution in [0.5, 0.6) is 0 Å². The van der Waals surface area contributed by atoms with Crippen molar-refractivity contribution < 1.29 is 19.4 Å². The van der Waals surface area contributed by atoms with E-state index < -0.39 is 11.5 Å². The van der Waals surface area contributed by atoms with E-state index in [9.17, 15) is 14.7 Å². The summed E-state index contributed by atoms with van der Waals surface area (Å²) in [5.74, 6) is 1.31. The first-order chi connectivity index (χ1) is 18.0. The molecule has 5 nitrogen and oxygen atoms in total. The third kappa shape index (κ3) is 3.50. The molecular formula is C34H55NO4. The number of aliphatic hydroxyl groups excluding tert-OH is 1. The molecule has 0 unspecified atom stereocenters. The normalized spacial score (nSPS) is 47.7. The third-order valence-corrected chi connectivity index (χ3v) is 14.3. The molecule has 0 amide bonds. The second-order valence-electron chi connectivity index (χ2n) is 16.2. The quantitative estimate of drug-likeness (QED) is 0.391. The van der Waals surface area contributed by atoms with E-state index in [2.05, 4.69) is 55.4 Å². The molecule has 0 aromatic rings. The molecule has 3 N–H and O–H groups in total. The van der Waals surface area contributed by atoms with Crippen molar-refractivity contribution in [1.82, 2.24) is 0 Å². The molecule has 5 rings (SSSR count). The van der Waals surface area contributed by atoms with Gasteiger partial charge < -0.3 is 15.6 Å². The Morgan fingerprint density at radius 1 is 0.974 bits per heavy atom. The van der Waals surface area contributed by atoms with Crippen LogP contribution in [0.2, 0.25) is 0 Å². The predicted molar refractivity (Wildman–Crippen MR) is 155 cm³/mol. The molecule has 0 aromatic carbocycles. The van der Waals surface area contributed by atoms with Gasteiger partial charge in [0.2, 0.25) is 0 Å². The van der Waals surface area contributed by atoms with E-state index in [1.807, 2.05) is 0 Å². The van der Waals surface area contributed by atoms with E-state index in [0.29, 0.717) is 18.3 Å². The summed E-state index contributed by atoms with van der Waals surface area (Å²) in [6.07, 6.45) is 8.13. The van der Waals surface area contributed by atoms with Crippen LogP contribution < -0.4 is 5.73 Å². The largest absolute Gasteiger partial charge is 0.462 e. The first-order valence-electron chi connectivity index (χ1n) is 15.8. The number of Topliss-reactive ketones (excluding diaryl/α,β-unsaturated/α-hetero) is 1. The lowest BCUT2D eigenvalue weighted by atomic mass is 9.29. The fourth-order valence-electron chi connectivity index (χ4n) is 12.2. The number of esters is 1. The molecule has 5 aliphatic rings. The van der Waals surface area contributed by atoms with Crippen molar-refractivity contribution in [2.45, 2.75) is 132 Å². The zero-order chi connectivity index (χ0) is 29.0. The standard InChI is InChI=1S/C34H55NO4/c1-20(2)27-22(37)18-34(25(38)19-35)17-16-33(9)31(7)14-10-23-29(4,5)26(39-21(3)36)12-13-30(23,6)24(31)11-15-32(33,8)28(27)34/h20,23-26,38H,10-19,35H2,1-9H3/t23-,24+,25+,26-,30-,31+,32+,33-,34-/m0/s1. The fourth-order valence-corrected chi connectivity index (χ4v) is 12.2. The highest BCUT2D eigenvalue weighted by Gasteiger charge is 2.74. The van der Waals surface area contributed by atoms with Gasteiger partial charge in [-0.05, 0) is 102 Å². The van der Waals surface area contributed by atoms with E-state index in [-0.39, 0.29) is 57.4 Å². The second kappa shape index (κ2) is 8.90. The predicted octanol–water partition coefficient (Wildman–Crippen LogP) is 6.61. The van der Waals surface area contributed by atoms with Crippen LogP contribution in [0.4, 0.5) is 0 Å². The van der Waals surface area contributed by atoms with Crippen LogP contribution in [-0.2, 0) is 14.3 Å². The Morgan fingerprint density at radius 2 is 1.62 bits per heavy atom. The molecule has 4 saturated carbocycles. The van der Waals surface area contributed by atoms with E-state index in [1.165, 1.54) is 5.57 Å². The Bertz CT molecular complexity index is 1090. The van der Waals surface area contributed by atoms with Crippen LogP contribution in [0.25, 0.3) is 0 Å². The van der Waals surface area contributed by atoms with E-state index in [4.69, 9.17) is 10.5 Å². The summed E-state index contributed by atoms with van der Waals surface area (Å²) in [5, 5.41) is 11.4. The molecule has 0 aromatic heterocycles. The zero-order valence-electron chi connectivity index (χ0n) is 26.2. The van der Waals surface area contributed by atoms with Crippen molar-refractivity contribution in [1.29, 1.82) is 0 Å². The van der Waals surface area contributed by atoms with Gasteiger partial charge in [-0.1, -0.05) is 55.4 Å². The number of hydrogen-bond donors (Lipinski definition) is 2. The van der Waals surface area contributed by atoms with Crippen LogP contribution in [0.15, 0.2) is 11.1 Å². The number of allylic oxidation sites excluding steroid dienone is 1. The van der Waals surface area contributed by atoms with E-state index in [0.717, 1.165) is 56.9 Å². The van der Waals surface area contributed by atoms with Crippen molar-refractivity contribution >= 4 is 11.8 Å². The van der Waals surface area contributed by atoms with E-state index in [1.54, 1.807) is 6.92 Å². The highest BCUT2D eigenvalue weighted by atomic mass is 16.5. The minimum atomic E-state index is -0.676. The molecule has 0 radical (unpaired) electrons. The molecule has 4 fully saturated rings. The van der Waals surface area contributed by atoms with Crippen molar-refractivity contribution in [3.63, 3.8) is 0 Å². The number of fused-ring (bicyclic) bond motifs is 7. The third-order valence-electron chi connectivity index (χ3n) is 14.3. The van der Waals surface area contributed by atoms with Gasteiger partial charge in [-0.15, -0.1) is 0 Å². The number of carbonyl (C=O) groups excluding carboxylic acids is 2. The molecule has 5 aliphatic carbocycles. The minimum absolute atomic E-state index is 0.0156. The maximum Gasteiger partial charge on any atom is 0.302 e. The summed E-state index contributed by atoms with van der Waals surface area (Å²) in [5.41, 5.74) is 8.04. The highest BCUT2D eigenvalue weighted by molar-refractivity contribution is 6.01. The van der Waals surface area contributed by atoms with Gasteiger partial charge in [0.1, 0.15) is 6.10 Å². The number of nitrogens with two attached hydrogens (primary N) is 1. The SMILES string of the molecule is CC(=O)O[C@H]1CC[C@]2(C)[C@H]3CC[C@]4(C)C5=C(C(C)C)C(=O)C[C@]5([C@H](O)CN)CC[C@@]4(C)[C@]3(C)CC[C@H]2C1(C)C. The Kier molecular flexibility index (Phi) is 6.69. The summed E-state index contributed by atoms with van der Waals surface area (Å²) in [6.45, 7) is 20.9. The van der Waals surface area contributed by atoms with Crippen LogP contribution in [0, 0.1) is 50.2 Å². The average molecular weight is 542 g/mol. The first-order valence-corrected chi connectivity index (χ1v) is 15.8. The summed E-state index contributed by atoms with van der Waals surface area (Å²) in [6, 6.07) is 0. The lowest BCUT2D eigenvalue weighted by molar-refractivity contribution is -0.251. The molecular weight excluding hydrogens is 486 g/mol. The van der Waals surface area contributed by atoms with Gasteiger partial charge >= 0.3 is 5.97 Å². The number of rotatable bonds is 4. The molecule has 5 heteroatoms. The van der Waals surface area contributed by atoms with Crippen molar-refractivity contribution in [3.8, 4) is 0 Å². The van der Waals surface area contributed by atoms with Gasteiger partial charge in [-0.2, -0.15) is 0 Å². The summed E-state index contributed by atoms with van der Waals surface area (Å²) in [7, 11) is 0. The zero-order valence-corrected chi connectivity index (χ0v) is 26.2. The molecule has 9 atom stereocenters. The van der Waals surface area contributed by atoms with Gasteiger partial charge in [0, 0.05) is 30.7 Å². The van der Waals surface area contributed by atoms with Gasteiger partial charge in [-0.25, -0.2) is 0 Å². The van der Waals surface area contributed by atoms with E-state index >= 15 is 0 Å². The fraction of sp³-hybridized carbons (Fsp3) is 0.882. The topological polar surface area (TPSA) is 89.6 Å². The number of carbonyl (C=O) groups is 2. The Balaban J connectivity index is 1.61. The second-order valence-corrected chi connectivity index (χ2v) is 16.2. The molecule has 0 spiro atoms. The smallest absolute Gasteiger partial charge is 0.302 e. The highest BCUT2D eigenvalue weighted by Crippen LogP contribution is 2.80. The molecule has 39 heavy (non-hydrogen) atoms. The Hall–Kier alpha value is -1.20. The maximum atomic E-state index is 13.7.